The second kappa shape index (κ2) is 6.45. The number of rotatable bonds is 5. The van der Waals surface area contributed by atoms with Gasteiger partial charge >= 0.3 is 0 Å². The molecule has 0 saturated carbocycles. The van der Waals surface area contributed by atoms with Crippen molar-refractivity contribution >= 4 is 37.7 Å². The van der Waals surface area contributed by atoms with Crippen molar-refractivity contribution in [3.63, 3.8) is 0 Å². The quantitative estimate of drug-likeness (QED) is 0.868. The fraction of sp³-hybridized carbons (Fsp3) is 0.500. The van der Waals surface area contributed by atoms with Gasteiger partial charge in [0.2, 0.25) is 0 Å². The maximum Gasteiger partial charge on any atom is 0.140 e. The second-order valence-electron chi connectivity index (χ2n) is 3.35. The largest absolute Gasteiger partial charge is 0.365 e. The predicted octanol–water partition coefficient (Wildman–Crippen LogP) is 3.15. The van der Waals surface area contributed by atoms with Gasteiger partial charge in [-0.05, 0) is 44.3 Å². The molecule has 0 aliphatic heterocycles. The van der Waals surface area contributed by atoms with Gasteiger partial charge in [0.25, 0.3) is 0 Å². The number of nitrogens with two attached hydrogens (primary N) is 1. The van der Waals surface area contributed by atoms with E-state index in [9.17, 15) is 0 Å². The van der Waals surface area contributed by atoms with Crippen LogP contribution in [0.2, 0.25) is 0 Å². The van der Waals surface area contributed by atoms with E-state index in [0.717, 1.165) is 27.6 Å². The molecule has 0 saturated heterocycles. The van der Waals surface area contributed by atoms with Crippen LogP contribution in [-0.4, -0.2) is 17.6 Å². The van der Waals surface area contributed by atoms with Crippen LogP contribution < -0.4 is 11.1 Å². The first-order valence-corrected chi connectivity index (χ1v) is 6.53. The van der Waals surface area contributed by atoms with Crippen LogP contribution >= 0.6 is 31.9 Å². The Hall–Kier alpha value is -0.130. The Bertz CT molecular complexity index is 318. The van der Waals surface area contributed by atoms with Crippen molar-refractivity contribution < 1.29 is 0 Å². The molecule has 1 heterocycles. The zero-order valence-electron chi connectivity index (χ0n) is 8.63. The number of pyridine rings is 1. The van der Waals surface area contributed by atoms with E-state index in [2.05, 4.69) is 49.1 Å². The minimum atomic E-state index is 0.292. The van der Waals surface area contributed by atoms with Crippen LogP contribution in [0, 0.1) is 0 Å². The first-order chi connectivity index (χ1) is 7.17. The third-order valence-corrected chi connectivity index (χ3v) is 3.11. The van der Waals surface area contributed by atoms with E-state index in [1.54, 1.807) is 6.20 Å². The lowest BCUT2D eigenvalue weighted by molar-refractivity contribution is 0.645. The normalized spacial score (nSPS) is 12.5. The second-order valence-corrected chi connectivity index (χ2v) is 5.12. The first-order valence-electron chi connectivity index (χ1n) is 4.95. The molecule has 84 valence electrons. The van der Waals surface area contributed by atoms with Gasteiger partial charge < -0.3 is 11.1 Å². The number of nitrogens with one attached hydrogen (secondary N) is 1. The Morgan fingerprint density at radius 3 is 2.80 bits per heavy atom. The molecule has 3 nitrogen and oxygen atoms in total. The molecule has 15 heavy (non-hydrogen) atoms. The van der Waals surface area contributed by atoms with E-state index in [-0.39, 0.29) is 0 Å². The van der Waals surface area contributed by atoms with E-state index in [0.29, 0.717) is 12.6 Å². The molecule has 1 aromatic rings. The number of anilines is 1. The Balaban J connectivity index is 2.70. The molecule has 0 aromatic carbocycles. The third kappa shape index (κ3) is 4.09. The molecule has 0 aliphatic carbocycles. The molecule has 1 rings (SSSR count). The van der Waals surface area contributed by atoms with Gasteiger partial charge in [0.1, 0.15) is 5.82 Å². The minimum absolute atomic E-state index is 0.292. The summed E-state index contributed by atoms with van der Waals surface area (Å²) in [5.41, 5.74) is 5.67. The van der Waals surface area contributed by atoms with Crippen LogP contribution in [0.1, 0.15) is 19.8 Å². The van der Waals surface area contributed by atoms with Crippen LogP contribution in [0.25, 0.3) is 0 Å². The lowest BCUT2D eigenvalue weighted by Crippen LogP contribution is -2.29. The standard InChI is InChI=1S/C10H15Br2N3/c1-2-3-8(5-13)15-10-9(12)4-7(11)6-14-10/h4,6,8H,2-3,5,13H2,1H3,(H,14,15). The number of nitrogens with zero attached hydrogens (tertiary/aromatic N) is 1. The lowest BCUT2D eigenvalue weighted by atomic mass is 10.1. The highest BCUT2D eigenvalue weighted by atomic mass is 79.9. The smallest absolute Gasteiger partial charge is 0.140 e. The molecular formula is C10H15Br2N3. The van der Waals surface area contributed by atoms with E-state index < -0.39 is 0 Å². The zero-order valence-corrected chi connectivity index (χ0v) is 11.8. The van der Waals surface area contributed by atoms with Gasteiger partial charge in [-0.25, -0.2) is 4.98 Å². The molecule has 1 atom stereocenters. The van der Waals surface area contributed by atoms with Crippen LogP contribution in [0.4, 0.5) is 5.82 Å². The van der Waals surface area contributed by atoms with Gasteiger partial charge in [-0.2, -0.15) is 0 Å². The Morgan fingerprint density at radius 1 is 1.53 bits per heavy atom. The molecule has 3 N–H and O–H groups in total. The topological polar surface area (TPSA) is 50.9 Å². The average molecular weight is 337 g/mol. The molecule has 1 aromatic heterocycles. The SMILES string of the molecule is CCCC(CN)Nc1ncc(Br)cc1Br. The summed E-state index contributed by atoms with van der Waals surface area (Å²) < 4.78 is 1.91. The van der Waals surface area contributed by atoms with E-state index in [1.807, 2.05) is 6.07 Å². The van der Waals surface area contributed by atoms with Gasteiger partial charge in [-0.3, -0.25) is 0 Å². The van der Waals surface area contributed by atoms with Crippen molar-refractivity contribution in [3.05, 3.63) is 21.2 Å². The van der Waals surface area contributed by atoms with E-state index >= 15 is 0 Å². The van der Waals surface area contributed by atoms with E-state index in [1.165, 1.54) is 0 Å². The van der Waals surface area contributed by atoms with Crippen LogP contribution in [0.15, 0.2) is 21.2 Å². The summed E-state index contributed by atoms with van der Waals surface area (Å²) in [5.74, 6) is 0.849. The molecule has 0 spiro atoms. The highest BCUT2D eigenvalue weighted by Crippen LogP contribution is 2.24. The zero-order chi connectivity index (χ0) is 11.3. The molecule has 0 bridgehead atoms. The summed E-state index contributed by atoms with van der Waals surface area (Å²) in [7, 11) is 0. The summed E-state index contributed by atoms with van der Waals surface area (Å²) >= 11 is 6.83. The van der Waals surface area contributed by atoms with Gasteiger partial charge in [0, 0.05) is 23.3 Å². The van der Waals surface area contributed by atoms with Crippen molar-refractivity contribution in [3.8, 4) is 0 Å². The van der Waals surface area contributed by atoms with Crippen molar-refractivity contribution in [1.82, 2.24) is 4.98 Å². The van der Waals surface area contributed by atoms with Crippen LogP contribution in [0.3, 0.4) is 0 Å². The average Bonchev–Trinajstić information content (AvgIpc) is 2.21. The number of halogens is 2. The molecule has 5 heteroatoms. The molecule has 0 radical (unpaired) electrons. The third-order valence-electron chi connectivity index (χ3n) is 2.07. The van der Waals surface area contributed by atoms with Gasteiger partial charge in [-0.1, -0.05) is 13.3 Å². The van der Waals surface area contributed by atoms with E-state index in [4.69, 9.17) is 5.73 Å². The van der Waals surface area contributed by atoms with Crippen molar-refractivity contribution in [1.29, 1.82) is 0 Å². The Kier molecular flexibility index (Phi) is 5.56. The maximum absolute atomic E-state index is 5.67. The summed E-state index contributed by atoms with van der Waals surface area (Å²) in [6.45, 7) is 2.77. The maximum atomic E-state index is 5.67. The summed E-state index contributed by atoms with van der Waals surface area (Å²) in [6, 6.07) is 2.26. The molecule has 0 amide bonds. The Morgan fingerprint density at radius 2 is 2.27 bits per heavy atom. The number of aromatic nitrogens is 1. The van der Waals surface area contributed by atoms with Gasteiger partial charge in [-0.15, -0.1) is 0 Å². The molecule has 0 aliphatic rings. The summed E-state index contributed by atoms with van der Waals surface area (Å²) in [5, 5.41) is 3.32. The van der Waals surface area contributed by atoms with Crippen molar-refractivity contribution in [2.45, 2.75) is 25.8 Å². The predicted molar refractivity (Wildman–Crippen MR) is 71.0 cm³/mol. The first kappa shape index (κ1) is 12.9. The van der Waals surface area contributed by atoms with Crippen LogP contribution in [-0.2, 0) is 0 Å². The molecule has 0 fully saturated rings. The number of hydrogen-bond donors (Lipinski definition) is 2. The van der Waals surface area contributed by atoms with Gasteiger partial charge in [0.05, 0.1) is 4.47 Å². The lowest BCUT2D eigenvalue weighted by Gasteiger charge is -2.17. The fourth-order valence-electron chi connectivity index (χ4n) is 1.31. The highest BCUT2D eigenvalue weighted by molar-refractivity contribution is 9.11. The van der Waals surface area contributed by atoms with Crippen molar-refractivity contribution in [2.24, 2.45) is 5.73 Å². The molecule has 1 unspecified atom stereocenters. The monoisotopic (exact) mass is 335 g/mol. The molecular weight excluding hydrogens is 322 g/mol. The number of hydrogen-bond acceptors (Lipinski definition) is 3. The fourth-order valence-corrected chi connectivity index (χ4v) is 2.41. The highest BCUT2D eigenvalue weighted by Gasteiger charge is 2.08. The Labute approximate surface area is 107 Å². The van der Waals surface area contributed by atoms with Crippen LogP contribution in [0.5, 0.6) is 0 Å². The minimum Gasteiger partial charge on any atom is -0.365 e. The van der Waals surface area contributed by atoms with Crippen molar-refractivity contribution in [2.75, 3.05) is 11.9 Å². The van der Waals surface area contributed by atoms with Gasteiger partial charge in [0.15, 0.2) is 0 Å². The summed E-state index contributed by atoms with van der Waals surface area (Å²) in [4.78, 5) is 4.29. The summed E-state index contributed by atoms with van der Waals surface area (Å²) in [6.07, 6.45) is 3.94.